The van der Waals surface area contributed by atoms with E-state index in [2.05, 4.69) is 5.10 Å². The smallest absolute Gasteiger partial charge is 0.243 e. The molecule has 0 saturated carbocycles. The van der Waals surface area contributed by atoms with Crippen LogP contribution >= 0.6 is 0 Å². The van der Waals surface area contributed by atoms with E-state index in [1.54, 1.807) is 33.8 Å². The summed E-state index contributed by atoms with van der Waals surface area (Å²) in [5.74, 6) is 0.644. The van der Waals surface area contributed by atoms with Gasteiger partial charge in [0.1, 0.15) is 5.75 Å². The van der Waals surface area contributed by atoms with Crippen LogP contribution in [0.15, 0.2) is 29.2 Å². The van der Waals surface area contributed by atoms with Crippen LogP contribution in [0.25, 0.3) is 0 Å². The van der Waals surface area contributed by atoms with Crippen molar-refractivity contribution in [3.05, 3.63) is 41.2 Å². The van der Waals surface area contributed by atoms with Gasteiger partial charge in [-0.3, -0.25) is 9.48 Å². The van der Waals surface area contributed by atoms with E-state index in [1.807, 2.05) is 27.8 Å². The zero-order chi connectivity index (χ0) is 21.2. The van der Waals surface area contributed by atoms with Crippen molar-refractivity contribution in [2.75, 3.05) is 32.8 Å². The molecule has 2 heterocycles. The molecular weight excluding hydrogens is 392 g/mol. The molecule has 9 heteroatoms. The number of hydrogen-bond acceptors (Lipinski definition) is 5. The number of carbonyl (C=O) groups is 1. The van der Waals surface area contributed by atoms with E-state index in [0.717, 1.165) is 17.0 Å². The minimum absolute atomic E-state index is 0.00214. The quantitative estimate of drug-likeness (QED) is 0.707. The first-order chi connectivity index (χ1) is 13.7. The van der Waals surface area contributed by atoms with Gasteiger partial charge in [-0.15, -0.1) is 0 Å². The number of aryl methyl sites for hydroxylation is 2. The van der Waals surface area contributed by atoms with E-state index in [9.17, 15) is 13.2 Å². The molecule has 1 fully saturated rings. The Labute approximate surface area is 172 Å². The molecule has 0 bridgehead atoms. The van der Waals surface area contributed by atoms with Gasteiger partial charge in [0.2, 0.25) is 15.9 Å². The van der Waals surface area contributed by atoms with Crippen LogP contribution in [-0.4, -0.2) is 66.1 Å². The predicted molar refractivity (Wildman–Crippen MR) is 109 cm³/mol. The van der Waals surface area contributed by atoms with Crippen LogP contribution in [0.3, 0.4) is 0 Å². The minimum Gasteiger partial charge on any atom is -0.494 e. The van der Waals surface area contributed by atoms with Gasteiger partial charge in [-0.05, 0) is 45.0 Å². The summed E-state index contributed by atoms with van der Waals surface area (Å²) in [7, 11) is -1.72. The van der Waals surface area contributed by atoms with Gasteiger partial charge in [-0.25, -0.2) is 8.42 Å². The Hall–Kier alpha value is -2.39. The van der Waals surface area contributed by atoms with Gasteiger partial charge in [-0.1, -0.05) is 0 Å². The van der Waals surface area contributed by atoms with Crippen LogP contribution in [0.4, 0.5) is 0 Å². The maximum absolute atomic E-state index is 12.9. The Kier molecular flexibility index (Phi) is 6.28. The zero-order valence-corrected chi connectivity index (χ0v) is 18.2. The second kappa shape index (κ2) is 8.54. The van der Waals surface area contributed by atoms with Crippen molar-refractivity contribution < 1.29 is 17.9 Å². The standard InChI is InChI=1S/C20H28N4O4S/c1-5-28-17-6-8-18(9-7-17)29(26,27)24-12-10-23(11-13-24)20(25)14-19-15(2)21-22(4)16(19)3/h6-9H,5,10-14H2,1-4H3. The molecule has 2 aromatic rings. The number of benzene rings is 1. The Bertz CT molecular complexity index is 975. The number of nitrogens with zero attached hydrogens (tertiary/aromatic N) is 4. The first-order valence-corrected chi connectivity index (χ1v) is 11.2. The molecule has 1 aromatic carbocycles. The summed E-state index contributed by atoms with van der Waals surface area (Å²) >= 11 is 0. The van der Waals surface area contributed by atoms with Gasteiger partial charge in [0.25, 0.3) is 0 Å². The lowest BCUT2D eigenvalue weighted by Crippen LogP contribution is -2.50. The number of aromatic nitrogens is 2. The van der Waals surface area contributed by atoms with E-state index in [4.69, 9.17) is 4.74 Å². The predicted octanol–water partition coefficient (Wildman–Crippen LogP) is 1.51. The highest BCUT2D eigenvalue weighted by atomic mass is 32.2. The van der Waals surface area contributed by atoms with Crippen molar-refractivity contribution in [3.63, 3.8) is 0 Å². The van der Waals surface area contributed by atoms with E-state index in [1.165, 1.54) is 4.31 Å². The van der Waals surface area contributed by atoms with Crippen LogP contribution in [-0.2, 0) is 28.3 Å². The summed E-state index contributed by atoms with van der Waals surface area (Å²) in [6, 6.07) is 6.45. The fourth-order valence-corrected chi connectivity index (χ4v) is 4.96. The molecule has 0 unspecified atom stereocenters. The molecule has 158 valence electrons. The average Bonchev–Trinajstić information content (AvgIpc) is 2.95. The molecule has 1 aliphatic heterocycles. The summed E-state index contributed by atoms with van der Waals surface area (Å²) < 4.78 is 34.4. The lowest BCUT2D eigenvalue weighted by Gasteiger charge is -2.34. The van der Waals surface area contributed by atoms with Crippen LogP contribution in [0.1, 0.15) is 23.9 Å². The third-order valence-electron chi connectivity index (χ3n) is 5.35. The van der Waals surface area contributed by atoms with E-state index < -0.39 is 10.0 Å². The van der Waals surface area contributed by atoms with Gasteiger partial charge in [0.05, 0.1) is 23.6 Å². The van der Waals surface area contributed by atoms with Gasteiger partial charge < -0.3 is 9.64 Å². The molecular formula is C20H28N4O4S. The number of carbonyl (C=O) groups excluding carboxylic acids is 1. The highest BCUT2D eigenvalue weighted by Gasteiger charge is 2.30. The number of hydrogen-bond donors (Lipinski definition) is 0. The Morgan fingerprint density at radius 2 is 1.72 bits per heavy atom. The summed E-state index contributed by atoms with van der Waals surface area (Å²) in [6.45, 7) is 7.59. The molecule has 0 atom stereocenters. The molecule has 8 nitrogen and oxygen atoms in total. The molecule has 29 heavy (non-hydrogen) atoms. The average molecular weight is 421 g/mol. The minimum atomic E-state index is -3.59. The second-order valence-electron chi connectivity index (χ2n) is 7.14. The highest BCUT2D eigenvalue weighted by molar-refractivity contribution is 7.89. The SMILES string of the molecule is CCOc1ccc(S(=O)(=O)N2CCN(C(=O)Cc3c(C)nn(C)c3C)CC2)cc1. The van der Waals surface area contributed by atoms with Crippen LogP contribution in [0, 0.1) is 13.8 Å². The molecule has 0 spiro atoms. The van der Waals surface area contributed by atoms with Crippen molar-refractivity contribution in [1.82, 2.24) is 19.0 Å². The summed E-state index contributed by atoms with van der Waals surface area (Å²) in [6.07, 6.45) is 0.289. The van der Waals surface area contributed by atoms with Crippen LogP contribution < -0.4 is 4.74 Å². The number of sulfonamides is 1. The van der Waals surface area contributed by atoms with Crippen molar-refractivity contribution in [1.29, 1.82) is 0 Å². The monoisotopic (exact) mass is 420 g/mol. The van der Waals surface area contributed by atoms with E-state index in [0.29, 0.717) is 25.4 Å². The Morgan fingerprint density at radius 1 is 1.10 bits per heavy atom. The Balaban J connectivity index is 1.62. The Morgan fingerprint density at radius 3 is 2.24 bits per heavy atom. The largest absolute Gasteiger partial charge is 0.494 e. The molecule has 0 radical (unpaired) electrons. The molecule has 1 aromatic heterocycles. The van der Waals surface area contributed by atoms with Crippen molar-refractivity contribution in [2.45, 2.75) is 32.1 Å². The molecule has 1 amide bonds. The first kappa shape index (κ1) is 21.3. The summed E-state index contributed by atoms with van der Waals surface area (Å²) in [5.41, 5.74) is 2.78. The maximum Gasteiger partial charge on any atom is 0.243 e. The topological polar surface area (TPSA) is 84.7 Å². The zero-order valence-electron chi connectivity index (χ0n) is 17.4. The van der Waals surface area contributed by atoms with Crippen molar-refractivity contribution in [2.24, 2.45) is 7.05 Å². The lowest BCUT2D eigenvalue weighted by molar-refractivity contribution is -0.131. The van der Waals surface area contributed by atoms with Gasteiger partial charge in [-0.2, -0.15) is 9.40 Å². The highest BCUT2D eigenvalue weighted by Crippen LogP contribution is 2.21. The number of amides is 1. The molecule has 3 rings (SSSR count). The third kappa shape index (κ3) is 4.45. The second-order valence-corrected chi connectivity index (χ2v) is 9.08. The number of ether oxygens (including phenoxy) is 1. The summed E-state index contributed by atoms with van der Waals surface area (Å²) in [5, 5.41) is 4.35. The van der Waals surface area contributed by atoms with Crippen molar-refractivity contribution in [3.8, 4) is 5.75 Å². The molecule has 0 N–H and O–H groups in total. The maximum atomic E-state index is 12.9. The summed E-state index contributed by atoms with van der Waals surface area (Å²) in [4.78, 5) is 14.7. The first-order valence-electron chi connectivity index (χ1n) is 9.74. The van der Waals surface area contributed by atoms with Crippen LogP contribution in [0.5, 0.6) is 5.75 Å². The normalized spacial score (nSPS) is 15.5. The number of rotatable bonds is 6. The van der Waals surface area contributed by atoms with Gasteiger partial charge in [0.15, 0.2) is 0 Å². The van der Waals surface area contributed by atoms with Crippen molar-refractivity contribution >= 4 is 15.9 Å². The fraction of sp³-hybridized carbons (Fsp3) is 0.500. The van der Waals surface area contributed by atoms with E-state index in [-0.39, 0.29) is 30.3 Å². The van der Waals surface area contributed by atoms with Gasteiger partial charge >= 0.3 is 0 Å². The fourth-order valence-electron chi connectivity index (χ4n) is 3.54. The number of piperazine rings is 1. The lowest BCUT2D eigenvalue weighted by atomic mass is 10.1. The van der Waals surface area contributed by atoms with Crippen LogP contribution in [0.2, 0.25) is 0 Å². The molecule has 1 saturated heterocycles. The molecule has 0 aliphatic carbocycles. The van der Waals surface area contributed by atoms with Gasteiger partial charge in [0, 0.05) is 44.5 Å². The molecule has 1 aliphatic rings. The van der Waals surface area contributed by atoms with E-state index >= 15 is 0 Å². The third-order valence-corrected chi connectivity index (χ3v) is 7.26.